The van der Waals surface area contributed by atoms with E-state index in [1.165, 1.54) is 11.3 Å². The zero-order valence-electron chi connectivity index (χ0n) is 13.4. The Labute approximate surface area is 140 Å². The standard InChI is InChI=1S/C17H19N3O2S/c1-12-11-23-17(20-12)14(9-18)10-19-7-6-13-4-5-15(21-2)16(8-13)22-3/h4-5,8,10-11,14H,6-7H2,1-3H3/t14-/m1/s1. The lowest BCUT2D eigenvalue weighted by molar-refractivity contribution is 0.354. The monoisotopic (exact) mass is 329 g/mol. The lowest BCUT2D eigenvalue weighted by Gasteiger charge is -2.08. The van der Waals surface area contributed by atoms with Crippen LogP contribution in [0, 0.1) is 18.3 Å². The van der Waals surface area contributed by atoms with Crippen molar-refractivity contribution in [2.24, 2.45) is 4.99 Å². The molecule has 0 radical (unpaired) electrons. The van der Waals surface area contributed by atoms with Crippen molar-refractivity contribution in [3.63, 3.8) is 0 Å². The van der Waals surface area contributed by atoms with Gasteiger partial charge in [0.15, 0.2) is 11.5 Å². The Balaban J connectivity index is 1.95. The number of rotatable bonds is 7. The van der Waals surface area contributed by atoms with Gasteiger partial charge >= 0.3 is 0 Å². The summed E-state index contributed by atoms with van der Waals surface area (Å²) in [7, 11) is 3.23. The lowest BCUT2D eigenvalue weighted by atomic mass is 10.1. The molecule has 1 aromatic carbocycles. The van der Waals surface area contributed by atoms with Crippen LogP contribution < -0.4 is 9.47 Å². The minimum atomic E-state index is -0.376. The van der Waals surface area contributed by atoms with Gasteiger partial charge in [-0.25, -0.2) is 4.98 Å². The van der Waals surface area contributed by atoms with Crippen molar-refractivity contribution in [3.05, 3.63) is 39.8 Å². The van der Waals surface area contributed by atoms with Gasteiger partial charge < -0.3 is 9.47 Å². The summed E-state index contributed by atoms with van der Waals surface area (Å²) >= 11 is 1.49. The maximum Gasteiger partial charge on any atom is 0.160 e. The molecular weight excluding hydrogens is 310 g/mol. The first-order valence-electron chi connectivity index (χ1n) is 7.20. The first-order valence-corrected chi connectivity index (χ1v) is 8.08. The second-order valence-electron chi connectivity index (χ2n) is 4.93. The molecule has 23 heavy (non-hydrogen) atoms. The fourth-order valence-electron chi connectivity index (χ4n) is 2.08. The van der Waals surface area contributed by atoms with Gasteiger partial charge in [-0.2, -0.15) is 5.26 Å². The summed E-state index contributed by atoms with van der Waals surface area (Å²) in [4.78, 5) is 8.70. The fourth-order valence-corrected chi connectivity index (χ4v) is 2.88. The summed E-state index contributed by atoms with van der Waals surface area (Å²) in [5.74, 6) is 1.05. The highest BCUT2D eigenvalue weighted by Crippen LogP contribution is 2.27. The Morgan fingerprint density at radius 1 is 1.35 bits per heavy atom. The van der Waals surface area contributed by atoms with Gasteiger partial charge in [-0.3, -0.25) is 4.99 Å². The number of ether oxygens (including phenoxy) is 2. The van der Waals surface area contributed by atoms with Gasteiger partial charge in [0.05, 0.1) is 20.3 Å². The third-order valence-electron chi connectivity index (χ3n) is 3.27. The highest BCUT2D eigenvalue weighted by molar-refractivity contribution is 7.09. The number of nitrogens with zero attached hydrogens (tertiary/aromatic N) is 3. The van der Waals surface area contributed by atoms with Crippen molar-refractivity contribution in [2.45, 2.75) is 19.3 Å². The number of benzene rings is 1. The molecule has 1 heterocycles. The number of aliphatic imine (C=N–C) groups is 1. The topological polar surface area (TPSA) is 67.5 Å². The van der Waals surface area contributed by atoms with Crippen LogP contribution in [-0.2, 0) is 6.42 Å². The third kappa shape index (κ3) is 4.54. The van der Waals surface area contributed by atoms with E-state index in [0.29, 0.717) is 18.0 Å². The van der Waals surface area contributed by atoms with E-state index in [0.717, 1.165) is 22.7 Å². The number of aryl methyl sites for hydroxylation is 1. The van der Waals surface area contributed by atoms with Crippen LogP contribution >= 0.6 is 11.3 Å². The van der Waals surface area contributed by atoms with Crippen LogP contribution in [0.5, 0.6) is 11.5 Å². The second kappa shape index (κ2) is 8.30. The largest absolute Gasteiger partial charge is 0.493 e. The predicted molar refractivity (Wildman–Crippen MR) is 91.8 cm³/mol. The summed E-state index contributed by atoms with van der Waals surface area (Å²) in [5, 5.41) is 12.0. The molecule has 2 aromatic rings. The Hall–Kier alpha value is -2.39. The fraction of sp³-hybridized carbons (Fsp3) is 0.353. The first kappa shape index (κ1) is 17.0. The van der Waals surface area contributed by atoms with Gasteiger partial charge in [-0.1, -0.05) is 6.07 Å². The molecule has 0 unspecified atom stereocenters. The van der Waals surface area contributed by atoms with Gasteiger partial charge in [0.1, 0.15) is 10.9 Å². The highest BCUT2D eigenvalue weighted by atomic mass is 32.1. The third-order valence-corrected chi connectivity index (χ3v) is 4.32. The molecule has 0 N–H and O–H groups in total. The normalized spacial score (nSPS) is 12.1. The molecule has 2 rings (SSSR count). The van der Waals surface area contributed by atoms with Crippen LogP contribution in [-0.4, -0.2) is 32.0 Å². The van der Waals surface area contributed by atoms with Gasteiger partial charge in [-0.05, 0) is 31.0 Å². The molecule has 0 saturated heterocycles. The van der Waals surface area contributed by atoms with Gasteiger partial charge in [0.2, 0.25) is 0 Å². The van der Waals surface area contributed by atoms with E-state index in [4.69, 9.17) is 9.47 Å². The molecule has 0 aliphatic heterocycles. The van der Waals surface area contributed by atoms with Gasteiger partial charge in [0.25, 0.3) is 0 Å². The Bertz CT molecular complexity index is 719. The molecule has 1 aromatic heterocycles. The molecule has 0 aliphatic rings. The molecule has 6 heteroatoms. The number of methoxy groups -OCH3 is 2. The van der Waals surface area contributed by atoms with Gasteiger partial charge in [-0.15, -0.1) is 11.3 Å². The molecule has 0 saturated carbocycles. The number of hydrogen-bond acceptors (Lipinski definition) is 6. The molecule has 120 valence electrons. The molecule has 0 bridgehead atoms. The molecule has 0 spiro atoms. The van der Waals surface area contributed by atoms with Crippen molar-refractivity contribution in [1.82, 2.24) is 4.98 Å². The minimum absolute atomic E-state index is 0.376. The van der Waals surface area contributed by atoms with E-state index in [1.54, 1.807) is 20.4 Å². The lowest BCUT2D eigenvalue weighted by Crippen LogP contribution is -1.99. The van der Waals surface area contributed by atoms with E-state index < -0.39 is 0 Å². The molecule has 1 atom stereocenters. The van der Waals surface area contributed by atoms with E-state index in [9.17, 15) is 5.26 Å². The van der Waals surface area contributed by atoms with Crippen LogP contribution in [0.1, 0.15) is 22.2 Å². The predicted octanol–water partition coefficient (Wildman–Crippen LogP) is 3.39. The molecule has 5 nitrogen and oxygen atoms in total. The second-order valence-corrected chi connectivity index (χ2v) is 5.82. The Morgan fingerprint density at radius 2 is 2.13 bits per heavy atom. The van der Waals surface area contributed by atoms with E-state index in [1.807, 2.05) is 30.5 Å². The maximum absolute atomic E-state index is 9.23. The summed E-state index contributed by atoms with van der Waals surface area (Å²) in [5.41, 5.74) is 2.04. The number of thiazole rings is 1. The molecule has 0 amide bonds. The molecule has 0 aliphatic carbocycles. The van der Waals surface area contributed by atoms with E-state index in [2.05, 4.69) is 16.0 Å². The van der Waals surface area contributed by atoms with E-state index >= 15 is 0 Å². The van der Waals surface area contributed by atoms with Crippen molar-refractivity contribution < 1.29 is 9.47 Å². The quantitative estimate of drug-likeness (QED) is 0.730. The zero-order chi connectivity index (χ0) is 16.7. The van der Waals surface area contributed by atoms with Crippen molar-refractivity contribution in [1.29, 1.82) is 5.26 Å². The molecule has 0 fully saturated rings. The van der Waals surface area contributed by atoms with Crippen LogP contribution in [0.15, 0.2) is 28.6 Å². The summed E-state index contributed by atoms with van der Waals surface area (Å²) in [6.07, 6.45) is 2.45. The Kier molecular flexibility index (Phi) is 6.12. The van der Waals surface area contributed by atoms with Crippen LogP contribution in [0.3, 0.4) is 0 Å². The summed E-state index contributed by atoms with van der Waals surface area (Å²) < 4.78 is 10.5. The van der Waals surface area contributed by atoms with Crippen LogP contribution in [0.4, 0.5) is 0 Å². The van der Waals surface area contributed by atoms with Crippen molar-refractivity contribution in [3.8, 4) is 17.6 Å². The number of aromatic nitrogens is 1. The van der Waals surface area contributed by atoms with Crippen molar-refractivity contribution in [2.75, 3.05) is 20.8 Å². The average molecular weight is 329 g/mol. The zero-order valence-corrected chi connectivity index (χ0v) is 14.3. The molecular formula is C17H19N3O2S. The maximum atomic E-state index is 9.23. The van der Waals surface area contributed by atoms with Gasteiger partial charge in [0, 0.05) is 23.8 Å². The number of hydrogen-bond donors (Lipinski definition) is 0. The first-order chi connectivity index (χ1) is 11.2. The van der Waals surface area contributed by atoms with Crippen molar-refractivity contribution >= 4 is 17.6 Å². The average Bonchev–Trinajstić information content (AvgIpc) is 3.00. The number of nitriles is 1. The minimum Gasteiger partial charge on any atom is -0.493 e. The van der Waals surface area contributed by atoms with Crippen LogP contribution in [0.25, 0.3) is 0 Å². The summed E-state index contributed by atoms with van der Waals surface area (Å²) in [6, 6.07) is 8.04. The summed E-state index contributed by atoms with van der Waals surface area (Å²) in [6.45, 7) is 2.53. The van der Waals surface area contributed by atoms with Crippen LogP contribution in [0.2, 0.25) is 0 Å². The smallest absolute Gasteiger partial charge is 0.160 e. The SMILES string of the molecule is COc1ccc(CCN=C[C@@H](C#N)c2nc(C)cs2)cc1OC. The highest BCUT2D eigenvalue weighted by Gasteiger charge is 2.11. The van der Waals surface area contributed by atoms with E-state index in [-0.39, 0.29) is 5.92 Å². The Morgan fingerprint density at radius 3 is 2.74 bits per heavy atom.